The molecule has 2 heterocycles. The topological polar surface area (TPSA) is 61.1 Å². The van der Waals surface area contributed by atoms with Crippen molar-refractivity contribution >= 4 is 27.9 Å². The van der Waals surface area contributed by atoms with Crippen LogP contribution in [0.15, 0.2) is 61.1 Å². The van der Waals surface area contributed by atoms with E-state index in [9.17, 15) is 4.79 Å². The van der Waals surface area contributed by atoms with Gasteiger partial charge < -0.3 is 23.8 Å². The van der Waals surface area contributed by atoms with Crippen molar-refractivity contribution in [2.75, 3.05) is 28.4 Å². The van der Waals surface area contributed by atoms with Gasteiger partial charge in [0.15, 0.2) is 41.9 Å². The molecule has 0 N–H and O–H groups in total. The number of hydrogen-bond donors (Lipinski definition) is 0. The number of aryl methyl sites for hydroxylation is 2. The van der Waals surface area contributed by atoms with Crippen LogP contribution < -0.4 is 23.5 Å². The molecule has 8 heteroatoms. The number of methoxy groups -OCH3 is 4. The molecule has 1 amide bonds. The second kappa shape index (κ2) is 11.5. The molecule has 1 aliphatic rings. The summed E-state index contributed by atoms with van der Waals surface area (Å²) in [5.74, 6) is 2.61. The fourth-order valence-corrected chi connectivity index (χ4v) is 4.89. The fraction of sp³-hybridized carbons (Fsp3) is 0.286. The van der Waals surface area contributed by atoms with Gasteiger partial charge in [-0.25, -0.2) is 4.57 Å². The molecule has 0 aliphatic carbocycles. The molecule has 36 heavy (non-hydrogen) atoms. The lowest BCUT2D eigenvalue weighted by Crippen LogP contribution is -2.35. The minimum Gasteiger partial charge on any atom is -0.493 e. The summed E-state index contributed by atoms with van der Waals surface area (Å²) in [6, 6.07) is 13.7. The predicted octanol–water partition coefficient (Wildman–Crippen LogP) is 4.70. The Bertz CT molecular complexity index is 1280. The first-order valence-electron chi connectivity index (χ1n) is 11.5. The van der Waals surface area contributed by atoms with Gasteiger partial charge in [-0.05, 0) is 53.1 Å². The van der Waals surface area contributed by atoms with Gasteiger partial charge >= 0.3 is 0 Å². The minimum atomic E-state index is -0.497. The number of benzene rings is 2. The van der Waals surface area contributed by atoms with Crippen LogP contribution in [0, 0.1) is 0 Å². The van der Waals surface area contributed by atoms with Crippen LogP contribution in [-0.2, 0) is 24.3 Å². The van der Waals surface area contributed by atoms with E-state index in [0.717, 1.165) is 46.7 Å². The molecule has 0 saturated heterocycles. The maximum atomic E-state index is 13.3. The van der Waals surface area contributed by atoms with Gasteiger partial charge in [-0.15, -0.1) is 0 Å². The molecule has 1 unspecified atom stereocenters. The third-order valence-electron chi connectivity index (χ3n) is 6.18. The SMILES string of the molecule is COc1ccc(CC[n+]2cccc(CN3C=Cc4cc(OC)c(OC)cc4C(Br)C3=O)c2)cc1OC. The highest BCUT2D eigenvalue weighted by Crippen LogP contribution is 2.39. The van der Waals surface area contributed by atoms with Gasteiger partial charge in [0.25, 0.3) is 0 Å². The number of pyridine rings is 1. The monoisotopic (exact) mass is 553 g/mol. The fourth-order valence-electron chi connectivity index (χ4n) is 4.23. The van der Waals surface area contributed by atoms with E-state index in [1.165, 1.54) is 0 Å². The van der Waals surface area contributed by atoms with Crippen molar-refractivity contribution in [3.63, 3.8) is 0 Å². The Morgan fingerprint density at radius 2 is 1.58 bits per heavy atom. The molecule has 0 fully saturated rings. The van der Waals surface area contributed by atoms with Gasteiger partial charge in [0.2, 0.25) is 5.91 Å². The number of halogens is 1. The first-order valence-corrected chi connectivity index (χ1v) is 12.5. The number of amides is 1. The van der Waals surface area contributed by atoms with Gasteiger partial charge in [-0.3, -0.25) is 4.79 Å². The van der Waals surface area contributed by atoms with Gasteiger partial charge in [0, 0.05) is 24.3 Å². The second-order valence-electron chi connectivity index (χ2n) is 8.37. The standard InChI is InChI=1S/C28H30BrN2O5/c1-33-23-8-7-19(14-24(23)34-2)9-12-30-11-5-6-20(17-30)18-31-13-10-21-15-25(35-3)26(36-4)16-22(21)27(29)28(31)32/h5-8,10-11,13-17,27H,9,12,18H2,1-4H3/q+1. The molecule has 188 valence electrons. The number of rotatable bonds is 9. The van der Waals surface area contributed by atoms with Crippen LogP contribution in [-0.4, -0.2) is 39.2 Å². The van der Waals surface area contributed by atoms with Crippen LogP contribution in [0.25, 0.3) is 6.08 Å². The molecule has 7 nitrogen and oxygen atoms in total. The first-order chi connectivity index (χ1) is 17.5. The Morgan fingerprint density at radius 1 is 0.889 bits per heavy atom. The molecule has 1 atom stereocenters. The van der Waals surface area contributed by atoms with Crippen LogP contribution in [0.4, 0.5) is 0 Å². The van der Waals surface area contributed by atoms with Crippen LogP contribution in [0.2, 0.25) is 0 Å². The lowest BCUT2D eigenvalue weighted by molar-refractivity contribution is -0.696. The molecule has 1 aliphatic heterocycles. The summed E-state index contributed by atoms with van der Waals surface area (Å²) < 4.78 is 23.7. The predicted molar refractivity (Wildman–Crippen MR) is 141 cm³/mol. The van der Waals surface area contributed by atoms with Gasteiger partial charge in [0.1, 0.15) is 4.83 Å². The molecule has 0 spiro atoms. The number of fused-ring (bicyclic) bond motifs is 1. The summed E-state index contributed by atoms with van der Waals surface area (Å²) in [6.45, 7) is 1.25. The third kappa shape index (κ3) is 5.49. The smallest absolute Gasteiger partial charge is 0.245 e. The molecule has 4 rings (SSSR count). The third-order valence-corrected chi connectivity index (χ3v) is 7.06. The van der Waals surface area contributed by atoms with E-state index >= 15 is 0 Å². The van der Waals surface area contributed by atoms with Crippen molar-refractivity contribution in [1.29, 1.82) is 0 Å². The van der Waals surface area contributed by atoms with Crippen LogP contribution >= 0.6 is 15.9 Å². The van der Waals surface area contributed by atoms with E-state index in [1.807, 2.05) is 60.9 Å². The number of nitrogens with zero attached hydrogens (tertiary/aromatic N) is 2. The summed E-state index contributed by atoms with van der Waals surface area (Å²) in [6.07, 6.45) is 8.71. The Labute approximate surface area is 220 Å². The average molecular weight is 554 g/mol. The summed E-state index contributed by atoms with van der Waals surface area (Å²) in [5.41, 5.74) is 3.93. The van der Waals surface area contributed by atoms with Crippen LogP contribution in [0.5, 0.6) is 23.0 Å². The molecule has 0 bridgehead atoms. The number of carbonyl (C=O) groups excluding carboxylic acids is 1. The highest BCUT2D eigenvalue weighted by Gasteiger charge is 2.28. The molecule has 0 saturated carbocycles. The normalized spacial score (nSPS) is 14.8. The van der Waals surface area contributed by atoms with E-state index < -0.39 is 4.83 Å². The lowest BCUT2D eigenvalue weighted by atomic mass is 10.0. The van der Waals surface area contributed by atoms with Crippen molar-refractivity contribution in [2.24, 2.45) is 0 Å². The summed E-state index contributed by atoms with van der Waals surface area (Å²) in [7, 11) is 6.46. The van der Waals surface area contributed by atoms with Crippen molar-refractivity contribution in [1.82, 2.24) is 4.90 Å². The zero-order valence-electron chi connectivity index (χ0n) is 20.9. The largest absolute Gasteiger partial charge is 0.493 e. The van der Waals surface area contributed by atoms with Gasteiger partial charge in [-0.2, -0.15) is 0 Å². The molecule has 2 aromatic carbocycles. The van der Waals surface area contributed by atoms with E-state index in [1.54, 1.807) is 33.3 Å². The number of ether oxygens (including phenoxy) is 4. The minimum absolute atomic E-state index is 0.0436. The molecular weight excluding hydrogens is 524 g/mol. The summed E-state index contributed by atoms with van der Waals surface area (Å²) in [4.78, 5) is 14.5. The maximum Gasteiger partial charge on any atom is 0.245 e. The molecular formula is C28H30BrN2O5+. The Hall–Kier alpha value is -3.52. The molecule has 1 aromatic heterocycles. The van der Waals surface area contributed by atoms with Gasteiger partial charge in [-0.1, -0.05) is 22.0 Å². The van der Waals surface area contributed by atoms with E-state index in [2.05, 4.69) is 26.7 Å². The highest BCUT2D eigenvalue weighted by atomic mass is 79.9. The first kappa shape index (κ1) is 25.6. The molecule has 0 radical (unpaired) electrons. The van der Waals surface area contributed by atoms with Gasteiger partial charge in [0.05, 0.1) is 35.0 Å². The average Bonchev–Trinajstić information content (AvgIpc) is 3.02. The van der Waals surface area contributed by atoms with Crippen molar-refractivity contribution < 1.29 is 28.3 Å². The molecule has 3 aromatic rings. The van der Waals surface area contributed by atoms with E-state index in [0.29, 0.717) is 18.0 Å². The number of aromatic nitrogens is 1. The van der Waals surface area contributed by atoms with Crippen LogP contribution in [0.3, 0.4) is 0 Å². The van der Waals surface area contributed by atoms with E-state index in [4.69, 9.17) is 18.9 Å². The zero-order chi connectivity index (χ0) is 25.7. The summed E-state index contributed by atoms with van der Waals surface area (Å²) in [5, 5.41) is 0. The number of carbonyl (C=O) groups is 1. The maximum absolute atomic E-state index is 13.3. The Kier molecular flexibility index (Phi) is 8.15. The Morgan fingerprint density at radius 3 is 2.31 bits per heavy atom. The Balaban J connectivity index is 1.48. The van der Waals surface area contributed by atoms with E-state index in [-0.39, 0.29) is 5.91 Å². The van der Waals surface area contributed by atoms with Crippen molar-refractivity contribution in [3.8, 4) is 23.0 Å². The van der Waals surface area contributed by atoms with Crippen LogP contribution in [0.1, 0.15) is 27.1 Å². The number of hydrogen-bond acceptors (Lipinski definition) is 5. The zero-order valence-corrected chi connectivity index (χ0v) is 22.4. The summed E-state index contributed by atoms with van der Waals surface area (Å²) >= 11 is 3.60. The number of alkyl halides is 1. The lowest BCUT2D eigenvalue weighted by Gasteiger charge is -2.20. The van der Waals surface area contributed by atoms with Crippen molar-refractivity contribution in [2.45, 2.75) is 24.3 Å². The van der Waals surface area contributed by atoms with Crippen molar-refractivity contribution in [3.05, 3.63) is 83.3 Å². The second-order valence-corrected chi connectivity index (χ2v) is 9.29. The highest BCUT2D eigenvalue weighted by molar-refractivity contribution is 9.09. The quantitative estimate of drug-likeness (QED) is 0.284.